The Hall–Kier alpha value is -3.15. The Morgan fingerprint density at radius 3 is 1.71 bits per heavy atom. The van der Waals surface area contributed by atoms with Gasteiger partial charge in [0.2, 0.25) is 11.8 Å². The Bertz CT molecular complexity index is 1020. The molecule has 0 aromatic heterocycles. The Morgan fingerprint density at radius 2 is 1.37 bits per heavy atom. The van der Waals surface area contributed by atoms with Gasteiger partial charge in [-0.25, -0.2) is 4.79 Å². The van der Waals surface area contributed by atoms with Gasteiger partial charge in [0.1, 0.15) is 6.04 Å². The van der Waals surface area contributed by atoms with Crippen molar-refractivity contribution in [1.29, 1.82) is 0 Å². The third-order valence-electron chi connectivity index (χ3n) is 7.06. The molecular weight excluding hydrogens is 543 g/mol. The van der Waals surface area contributed by atoms with Gasteiger partial charge in [-0.1, -0.05) is 85.7 Å². The van der Waals surface area contributed by atoms with E-state index in [2.05, 4.69) is 10.6 Å². The van der Waals surface area contributed by atoms with E-state index in [4.69, 9.17) is 9.90 Å². The van der Waals surface area contributed by atoms with Crippen LogP contribution in [0.1, 0.15) is 67.4 Å². The molecule has 1 aromatic rings. The number of carbonyl (C=O) groups excluding carboxylic acids is 2. The van der Waals surface area contributed by atoms with Gasteiger partial charge in [0.05, 0.1) is 12.0 Å². The molecule has 0 fully saturated rings. The van der Waals surface area contributed by atoms with Gasteiger partial charge in [0, 0.05) is 18.5 Å². The van der Waals surface area contributed by atoms with Gasteiger partial charge in [0.15, 0.2) is 0 Å². The van der Waals surface area contributed by atoms with Crippen LogP contribution in [0.15, 0.2) is 30.3 Å². The van der Waals surface area contributed by atoms with Gasteiger partial charge in [-0.15, -0.1) is 0 Å². The van der Waals surface area contributed by atoms with Crippen LogP contribution < -0.4 is 10.6 Å². The zero-order chi connectivity index (χ0) is 32.5. The summed E-state index contributed by atoms with van der Waals surface area (Å²) in [7, 11) is 3.45. The molecular formula is C29H46F3N3O6. The van der Waals surface area contributed by atoms with Crippen molar-refractivity contribution in [2.75, 3.05) is 14.1 Å². The van der Waals surface area contributed by atoms with E-state index in [0.717, 1.165) is 5.56 Å². The van der Waals surface area contributed by atoms with Crippen LogP contribution in [0.3, 0.4) is 0 Å². The number of likely N-dealkylation sites (N-methyl/N-ethyl adjacent to an activating group) is 2. The topological polar surface area (TPSA) is 136 Å². The fourth-order valence-electron chi connectivity index (χ4n) is 4.44. The molecule has 0 aliphatic carbocycles. The van der Waals surface area contributed by atoms with Crippen LogP contribution in [0.5, 0.6) is 0 Å². The first-order valence-electron chi connectivity index (χ1n) is 13.3. The van der Waals surface area contributed by atoms with Crippen molar-refractivity contribution in [3.05, 3.63) is 35.9 Å². The molecule has 234 valence electrons. The van der Waals surface area contributed by atoms with Gasteiger partial charge in [-0.3, -0.25) is 14.4 Å². The predicted octanol–water partition coefficient (Wildman–Crippen LogP) is 4.31. The predicted molar refractivity (Wildman–Crippen MR) is 150 cm³/mol. The lowest BCUT2D eigenvalue weighted by molar-refractivity contribution is -0.192. The molecule has 1 aromatic carbocycles. The highest BCUT2D eigenvalue weighted by Gasteiger charge is 2.42. The quantitative estimate of drug-likeness (QED) is 0.302. The second kappa shape index (κ2) is 15.2. The van der Waals surface area contributed by atoms with Crippen LogP contribution in [0.25, 0.3) is 0 Å². The molecule has 4 N–H and O–H groups in total. The van der Waals surface area contributed by atoms with Gasteiger partial charge in [-0.05, 0) is 30.4 Å². The first-order valence-corrected chi connectivity index (χ1v) is 13.3. The lowest BCUT2D eigenvalue weighted by Crippen LogP contribution is -2.61. The van der Waals surface area contributed by atoms with Crippen molar-refractivity contribution in [2.24, 2.45) is 17.3 Å². The third kappa shape index (κ3) is 11.3. The van der Waals surface area contributed by atoms with Crippen molar-refractivity contribution in [3.8, 4) is 0 Å². The Kier molecular flexibility index (Phi) is 14.0. The number of nitrogens with zero attached hydrogens (tertiary/aromatic N) is 1. The minimum Gasteiger partial charge on any atom is -0.481 e. The standard InChI is InChI=1S/C27H45N3O4.C2HF3O2/c1-17(2)20(16-18(3)25(33)34)30(10)24(32)22(26(4,5)6)29-23(31)21(28-9)27(7,8)19-14-12-11-13-15-19;3-2(4,5)1(6)7/h11-15,17-18,20-22,28H,16H2,1-10H3,(H,29,31)(H,33,34);(H,6,7)/t18-,20-,21-,22-;/m1./s1. The highest BCUT2D eigenvalue weighted by atomic mass is 19.4. The van der Waals surface area contributed by atoms with Crippen molar-refractivity contribution in [3.63, 3.8) is 0 Å². The average Bonchev–Trinajstić information content (AvgIpc) is 2.84. The largest absolute Gasteiger partial charge is 0.490 e. The van der Waals surface area contributed by atoms with Gasteiger partial charge in [0.25, 0.3) is 0 Å². The van der Waals surface area contributed by atoms with Crippen molar-refractivity contribution in [2.45, 2.75) is 91.5 Å². The Balaban J connectivity index is 0.00000201. The number of carbonyl (C=O) groups is 4. The van der Waals surface area contributed by atoms with Gasteiger partial charge < -0.3 is 25.7 Å². The monoisotopic (exact) mass is 589 g/mol. The molecule has 0 saturated heterocycles. The van der Waals surface area contributed by atoms with E-state index in [-0.39, 0.29) is 23.8 Å². The van der Waals surface area contributed by atoms with Crippen molar-refractivity contribution < 1.29 is 42.6 Å². The van der Waals surface area contributed by atoms with Crippen molar-refractivity contribution >= 4 is 23.8 Å². The van der Waals surface area contributed by atoms with E-state index in [0.29, 0.717) is 6.42 Å². The molecule has 0 heterocycles. The van der Waals surface area contributed by atoms with Crippen LogP contribution in [0, 0.1) is 17.3 Å². The molecule has 0 radical (unpaired) electrons. The molecule has 4 atom stereocenters. The number of nitrogens with one attached hydrogen (secondary N) is 2. The second-order valence-corrected chi connectivity index (χ2v) is 12.2. The van der Waals surface area contributed by atoms with Crippen LogP contribution >= 0.6 is 0 Å². The molecule has 41 heavy (non-hydrogen) atoms. The van der Waals surface area contributed by atoms with Crippen LogP contribution in [-0.2, 0) is 24.6 Å². The third-order valence-corrected chi connectivity index (χ3v) is 7.06. The van der Waals surface area contributed by atoms with E-state index in [1.165, 1.54) is 0 Å². The Morgan fingerprint density at radius 1 is 0.902 bits per heavy atom. The fraction of sp³-hybridized carbons (Fsp3) is 0.655. The summed E-state index contributed by atoms with van der Waals surface area (Å²) >= 11 is 0. The zero-order valence-corrected chi connectivity index (χ0v) is 25.6. The number of amides is 2. The van der Waals surface area contributed by atoms with E-state index in [1.807, 2.05) is 78.8 Å². The molecule has 0 bridgehead atoms. The average molecular weight is 590 g/mol. The number of halogens is 3. The minimum absolute atomic E-state index is 0.0640. The second-order valence-electron chi connectivity index (χ2n) is 12.2. The van der Waals surface area contributed by atoms with Crippen LogP contribution in [0.4, 0.5) is 13.2 Å². The molecule has 0 unspecified atom stereocenters. The number of alkyl halides is 3. The van der Waals surface area contributed by atoms with Crippen LogP contribution in [0.2, 0.25) is 0 Å². The number of hydrogen-bond acceptors (Lipinski definition) is 5. The summed E-state index contributed by atoms with van der Waals surface area (Å²) in [4.78, 5) is 49.2. The minimum atomic E-state index is -5.08. The van der Waals surface area contributed by atoms with Gasteiger partial charge in [-0.2, -0.15) is 13.2 Å². The SMILES string of the molecule is CN[C@H](C(=O)N[C@H](C(=O)N(C)[C@H](C[C@@H](C)C(=O)O)C(C)C)C(C)(C)C)C(C)(C)c1ccccc1.O=C(O)C(F)(F)F. The van der Waals surface area contributed by atoms with Gasteiger partial charge >= 0.3 is 18.1 Å². The maximum Gasteiger partial charge on any atom is 0.490 e. The molecule has 12 heteroatoms. The van der Waals surface area contributed by atoms with E-state index >= 15 is 0 Å². The molecule has 0 saturated carbocycles. The summed E-state index contributed by atoms with van der Waals surface area (Å²) in [5.74, 6) is -4.62. The van der Waals surface area contributed by atoms with Crippen molar-refractivity contribution in [1.82, 2.24) is 15.5 Å². The summed E-state index contributed by atoms with van der Waals surface area (Å²) in [5, 5.41) is 22.7. The molecule has 1 rings (SSSR count). The molecule has 0 aliphatic heterocycles. The summed E-state index contributed by atoms with van der Waals surface area (Å²) in [6.07, 6.45) is -4.74. The lowest BCUT2D eigenvalue weighted by Gasteiger charge is -2.40. The number of benzene rings is 1. The smallest absolute Gasteiger partial charge is 0.481 e. The lowest BCUT2D eigenvalue weighted by atomic mass is 9.76. The van der Waals surface area contributed by atoms with Crippen LogP contribution in [-0.4, -0.2) is 77.3 Å². The maximum absolute atomic E-state index is 13.7. The van der Waals surface area contributed by atoms with E-state index in [1.54, 1.807) is 25.9 Å². The fourth-order valence-corrected chi connectivity index (χ4v) is 4.44. The van der Waals surface area contributed by atoms with E-state index < -0.39 is 46.9 Å². The number of carboxylic acids is 2. The highest BCUT2D eigenvalue weighted by molar-refractivity contribution is 5.91. The molecule has 9 nitrogen and oxygen atoms in total. The number of aliphatic carboxylic acids is 2. The summed E-state index contributed by atoms with van der Waals surface area (Å²) in [6.45, 7) is 15.4. The number of hydrogen-bond donors (Lipinski definition) is 4. The summed E-state index contributed by atoms with van der Waals surface area (Å²) in [6, 6.07) is 8.23. The molecule has 0 spiro atoms. The maximum atomic E-state index is 13.7. The Labute approximate surface area is 240 Å². The number of carboxylic acid groups (broad SMARTS) is 2. The first-order chi connectivity index (χ1) is 18.5. The highest BCUT2D eigenvalue weighted by Crippen LogP contribution is 2.29. The summed E-state index contributed by atoms with van der Waals surface area (Å²) < 4.78 is 31.7. The zero-order valence-electron chi connectivity index (χ0n) is 25.6. The number of rotatable bonds is 11. The molecule has 2 amide bonds. The summed E-state index contributed by atoms with van der Waals surface area (Å²) in [5.41, 5.74) is -0.0480. The first kappa shape index (κ1) is 37.9. The normalized spacial score (nSPS) is 15.1. The molecule has 0 aliphatic rings. The van der Waals surface area contributed by atoms with E-state index in [9.17, 15) is 32.7 Å².